The number of rotatable bonds is 3. The third-order valence-corrected chi connectivity index (χ3v) is 3.85. The molecule has 0 radical (unpaired) electrons. The van der Waals surface area contributed by atoms with E-state index in [2.05, 4.69) is 24.9 Å². The number of aromatic nitrogens is 2. The topological polar surface area (TPSA) is 55.1 Å². The van der Waals surface area contributed by atoms with Gasteiger partial charge in [0.25, 0.3) is 0 Å². The van der Waals surface area contributed by atoms with E-state index in [1.54, 1.807) is 13.8 Å². The van der Waals surface area contributed by atoms with Gasteiger partial charge in [-0.05, 0) is 44.9 Å². The van der Waals surface area contributed by atoms with Gasteiger partial charge in [-0.3, -0.25) is 4.79 Å². The van der Waals surface area contributed by atoms with Crippen LogP contribution in [0, 0.1) is 19.3 Å². The number of fused-ring (bicyclic) bond motifs is 1. The first kappa shape index (κ1) is 13.6. The molecule has 0 fully saturated rings. The number of aryl methyl sites for hydroxylation is 3. The Labute approximate surface area is 113 Å². The average molecular weight is 260 g/mol. The van der Waals surface area contributed by atoms with Crippen LogP contribution < -0.4 is 0 Å². The summed E-state index contributed by atoms with van der Waals surface area (Å²) in [4.78, 5) is 15.9. The van der Waals surface area contributed by atoms with E-state index in [0.29, 0.717) is 6.42 Å². The van der Waals surface area contributed by atoms with Crippen molar-refractivity contribution >= 4 is 17.0 Å². The Morgan fingerprint density at radius 3 is 2.58 bits per heavy atom. The summed E-state index contributed by atoms with van der Waals surface area (Å²) in [6.07, 6.45) is 0.423. The monoisotopic (exact) mass is 260 g/mol. The first-order valence-electron chi connectivity index (χ1n) is 6.39. The van der Waals surface area contributed by atoms with Crippen molar-refractivity contribution in [2.24, 2.45) is 12.5 Å². The fraction of sp³-hybridized carbons (Fsp3) is 0.467. The van der Waals surface area contributed by atoms with E-state index in [1.165, 1.54) is 5.56 Å². The molecule has 4 heteroatoms. The van der Waals surface area contributed by atoms with E-state index in [9.17, 15) is 9.90 Å². The summed E-state index contributed by atoms with van der Waals surface area (Å²) >= 11 is 0. The molecule has 1 aromatic heterocycles. The number of nitrogens with zero attached hydrogens (tertiary/aromatic N) is 2. The fourth-order valence-electron chi connectivity index (χ4n) is 2.17. The first-order valence-corrected chi connectivity index (χ1v) is 6.39. The Balaban J connectivity index is 2.55. The normalized spacial score (nSPS) is 12.1. The van der Waals surface area contributed by atoms with Gasteiger partial charge in [0.05, 0.1) is 16.4 Å². The van der Waals surface area contributed by atoms with Crippen molar-refractivity contribution < 1.29 is 9.90 Å². The summed E-state index contributed by atoms with van der Waals surface area (Å²) in [5, 5.41) is 9.23. The van der Waals surface area contributed by atoms with Crippen LogP contribution in [0.2, 0.25) is 0 Å². The maximum atomic E-state index is 11.2. The first-order chi connectivity index (χ1) is 8.74. The minimum Gasteiger partial charge on any atom is -0.481 e. The summed E-state index contributed by atoms with van der Waals surface area (Å²) in [5.74, 6) is 0.0172. The molecule has 2 aromatic rings. The predicted molar refractivity (Wildman–Crippen MR) is 75.3 cm³/mol. The van der Waals surface area contributed by atoms with E-state index < -0.39 is 11.4 Å². The zero-order chi connectivity index (χ0) is 14.4. The van der Waals surface area contributed by atoms with E-state index >= 15 is 0 Å². The van der Waals surface area contributed by atoms with Gasteiger partial charge in [0.15, 0.2) is 0 Å². The molecule has 0 saturated carbocycles. The highest BCUT2D eigenvalue weighted by atomic mass is 16.4. The third kappa shape index (κ3) is 2.23. The smallest absolute Gasteiger partial charge is 0.309 e. The molecule has 1 N–H and O–H groups in total. The summed E-state index contributed by atoms with van der Waals surface area (Å²) in [6, 6.07) is 4.12. The van der Waals surface area contributed by atoms with Crippen molar-refractivity contribution in [3.63, 3.8) is 0 Å². The highest BCUT2D eigenvalue weighted by Gasteiger charge is 2.29. The highest BCUT2D eigenvalue weighted by Crippen LogP contribution is 2.26. The van der Waals surface area contributed by atoms with Gasteiger partial charge >= 0.3 is 5.97 Å². The van der Waals surface area contributed by atoms with Crippen molar-refractivity contribution in [3.8, 4) is 0 Å². The van der Waals surface area contributed by atoms with Gasteiger partial charge in [-0.2, -0.15) is 0 Å². The van der Waals surface area contributed by atoms with Crippen molar-refractivity contribution in [1.29, 1.82) is 0 Å². The van der Waals surface area contributed by atoms with Crippen LogP contribution in [0.5, 0.6) is 0 Å². The minimum atomic E-state index is -0.807. The van der Waals surface area contributed by atoms with E-state index in [0.717, 1.165) is 22.4 Å². The number of benzene rings is 1. The van der Waals surface area contributed by atoms with Crippen LogP contribution in [-0.2, 0) is 18.3 Å². The molecule has 2 rings (SSSR count). The zero-order valence-electron chi connectivity index (χ0n) is 12.1. The molecule has 102 valence electrons. The largest absolute Gasteiger partial charge is 0.481 e. The second kappa shape index (κ2) is 4.37. The lowest BCUT2D eigenvalue weighted by atomic mass is 9.89. The molecule has 0 aliphatic carbocycles. The fourth-order valence-corrected chi connectivity index (χ4v) is 2.17. The van der Waals surface area contributed by atoms with Crippen LogP contribution in [0.15, 0.2) is 12.1 Å². The number of imidazole rings is 1. The number of carbonyl (C=O) groups is 1. The number of carboxylic acid groups (broad SMARTS) is 1. The van der Waals surface area contributed by atoms with E-state index in [1.807, 2.05) is 17.7 Å². The van der Waals surface area contributed by atoms with Crippen molar-refractivity contribution in [1.82, 2.24) is 9.55 Å². The number of hydrogen-bond donors (Lipinski definition) is 1. The molecular weight excluding hydrogens is 240 g/mol. The average Bonchev–Trinajstić information content (AvgIpc) is 2.62. The Morgan fingerprint density at radius 2 is 2.00 bits per heavy atom. The Hall–Kier alpha value is -1.84. The predicted octanol–water partition coefficient (Wildman–Crippen LogP) is 2.84. The molecule has 0 spiro atoms. The SMILES string of the molecule is Cc1ccc2c(nc(CC(C)(C)C(=O)O)n2C)c1C. The molecule has 0 saturated heterocycles. The summed E-state index contributed by atoms with van der Waals surface area (Å²) in [7, 11) is 1.94. The van der Waals surface area contributed by atoms with Gasteiger partial charge in [0.2, 0.25) is 0 Å². The van der Waals surface area contributed by atoms with Crippen LogP contribution >= 0.6 is 0 Å². The molecule has 0 unspecified atom stereocenters. The number of hydrogen-bond acceptors (Lipinski definition) is 2. The molecule has 0 aliphatic heterocycles. The second-order valence-electron chi connectivity index (χ2n) is 5.83. The van der Waals surface area contributed by atoms with Crippen LogP contribution in [0.3, 0.4) is 0 Å². The zero-order valence-corrected chi connectivity index (χ0v) is 12.1. The minimum absolute atomic E-state index is 0.423. The third-order valence-electron chi connectivity index (χ3n) is 3.85. The standard InChI is InChI=1S/C15H20N2O2/c1-9-6-7-11-13(10(9)2)16-12(17(11)5)8-15(3,4)14(18)19/h6-7H,8H2,1-5H3,(H,18,19). The van der Waals surface area contributed by atoms with Crippen molar-refractivity contribution in [2.75, 3.05) is 0 Å². The highest BCUT2D eigenvalue weighted by molar-refractivity contribution is 5.81. The Kier molecular flexibility index (Phi) is 3.12. The van der Waals surface area contributed by atoms with Crippen molar-refractivity contribution in [2.45, 2.75) is 34.1 Å². The molecule has 0 bridgehead atoms. The molecular formula is C15H20N2O2. The molecule has 1 aromatic carbocycles. The van der Waals surface area contributed by atoms with Gasteiger partial charge in [-0.25, -0.2) is 4.98 Å². The Bertz CT molecular complexity index is 654. The quantitative estimate of drug-likeness (QED) is 0.923. The van der Waals surface area contributed by atoms with E-state index in [-0.39, 0.29) is 0 Å². The summed E-state index contributed by atoms with van der Waals surface area (Å²) in [5.41, 5.74) is 3.58. The van der Waals surface area contributed by atoms with Gasteiger partial charge < -0.3 is 9.67 Å². The molecule has 19 heavy (non-hydrogen) atoms. The lowest BCUT2D eigenvalue weighted by Gasteiger charge is -2.18. The van der Waals surface area contributed by atoms with Gasteiger partial charge in [-0.1, -0.05) is 6.07 Å². The van der Waals surface area contributed by atoms with Gasteiger partial charge in [-0.15, -0.1) is 0 Å². The molecule has 0 atom stereocenters. The maximum Gasteiger partial charge on any atom is 0.309 e. The van der Waals surface area contributed by atoms with Crippen LogP contribution in [0.4, 0.5) is 0 Å². The van der Waals surface area contributed by atoms with Crippen LogP contribution in [-0.4, -0.2) is 20.6 Å². The van der Waals surface area contributed by atoms with Gasteiger partial charge in [0.1, 0.15) is 5.82 Å². The summed E-state index contributed by atoms with van der Waals surface area (Å²) in [6.45, 7) is 7.57. The van der Waals surface area contributed by atoms with Crippen molar-refractivity contribution in [3.05, 3.63) is 29.1 Å². The second-order valence-corrected chi connectivity index (χ2v) is 5.83. The molecule has 0 amide bonds. The Morgan fingerprint density at radius 1 is 1.37 bits per heavy atom. The molecule has 0 aliphatic rings. The number of aliphatic carboxylic acids is 1. The van der Waals surface area contributed by atoms with Crippen LogP contribution in [0.25, 0.3) is 11.0 Å². The lowest BCUT2D eigenvalue weighted by molar-refractivity contribution is -0.146. The molecule has 4 nitrogen and oxygen atoms in total. The van der Waals surface area contributed by atoms with E-state index in [4.69, 9.17) is 0 Å². The number of carboxylic acids is 1. The van der Waals surface area contributed by atoms with Gasteiger partial charge in [0, 0.05) is 13.5 Å². The molecule has 1 heterocycles. The summed E-state index contributed by atoms with van der Waals surface area (Å²) < 4.78 is 1.99. The lowest BCUT2D eigenvalue weighted by Crippen LogP contribution is -2.27. The van der Waals surface area contributed by atoms with Crippen LogP contribution in [0.1, 0.15) is 30.8 Å². The maximum absolute atomic E-state index is 11.2.